The fraction of sp³-hybridized carbons (Fsp3) is 0.182. The molecule has 28 heavy (non-hydrogen) atoms. The van der Waals surface area contributed by atoms with Crippen molar-refractivity contribution in [3.8, 4) is 5.69 Å². The molecule has 0 amide bonds. The molecule has 2 aromatic carbocycles. The van der Waals surface area contributed by atoms with Crippen LogP contribution in [0.25, 0.3) is 16.6 Å². The average molecular weight is 391 g/mol. The summed E-state index contributed by atoms with van der Waals surface area (Å²) in [5.41, 5.74) is 2.55. The van der Waals surface area contributed by atoms with E-state index in [1.165, 1.54) is 22.6 Å². The maximum atomic E-state index is 13.4. The highest BCUT2D eigenvalue weighted by Gasteiger charge is 2.20. The van der Waals surface area contributed by atoms with Crippen LogP contribution in [0.5, 0.6) is 0 Å². The quantitative estimate of drug-likeness (QED) is 0.527. The molecule has 2 aromatic heterocycles. The minimum absolute atomic E-state index is 0.125. The van der Waals surface area contributed by atoms with E-state index >= 15 is 0 Å². The molecule has 0 radical (unpaired) electrons. The Morgan fingerprint density at radius 3 is 2.75 bits per heavy atom. The zero-order valence-corrected chi connectivity index (χ0v) is 16.0. The lowest BCUT2D eigenvalue weighted by molar-refractivity contribution is 0.239. The molecule has 0 bridgehead atoms. The van der Waals surface area contributed by atoms with Crippen molar-refractivity contribution >= 4 is 22.2 Å². The Hall–Kier alpha value is -2.83. The summed E-state index contributed by atoms with van der Waals surface area (Å²) in [5, 5.41) is 2.70. The van der Waals surface area contributed by atoms with Gasteiger partial charge in [-0.05, 0) is 59.8 Å². The van der Waals surface area contributed by atoms with E-state index in [-0.39, 0.29) is 11.4 Å². The first kappa shape index (κ1) is 17.3. The fourth-order valence-corrected chi connectivity index (χ4v) is 4.67. The SMILES string of the molecule is O=c1c2ccccc2nc(CN2CCc3sccc3C2)n1-c1ccc(F)cc1. The molecule has 0 atom stereocenters. The van der Waals surface area contributed by atoms with Crippen molar-refractivity contribution in [3.05, 3.63) is 92.4 Å². The van der Waals surface area contributed by atoms with Gasteiger partial charge in [-0.2, -0.15) is 0 Å². The van der Waals surface area contributed by atoms with Crippen molar-refractivity contribution in [3.63, 3.8) is 0 Å². The van der Waals surface area contributed by atoms with E-state index in [2.05, 4.69) is 16.3 Å². The monoisotopic (exact) mass is 391 g/mol. The minimum atomic E-state index is -0.326. The van der Waals surface area contributed by atoms with Crippen molar-refractivity contribution in [2.24, 2.45) is 0 Å². The first-order chi connectivity index (χ1) is 13.7. The van der Waals surface area contributed by atoms with Gasteiger partial charge in [-0.3, -0.25) is 14.3 Å². The molecule has 6 heteroatoms. The molecule has 1 aliphatic heterocycles. The number of halogens is 1. The van der Waals surface area contributed by atoms with Crippen molar-refractivity contribution in [1.82, 2.24) is 14.5 Å². The van der Waals surface area contributed by atoms with E-state index in [1.807, 2.05) is 18.2 Å². The van der Waals surface area contributed by atoms with E-state index < -0.39 is 0 Å². The summed E-state index contributed by atoms with van der Waals surface area (Å²) in [6.45, 7) is 2.34. The van der Waals surface area contributed by atoms with Gasteiger partial charge >= 0.3 is 0 Å². The van der Waals surface area contributed by atoms with Crippen LogP contribution in [0.4, 0.5) is 4.39 Å². The second-order valence-electron chi connectivity index (χ2n) is 6.99. The van der Waals surface area contributed by atoms with Crippen molar-refractivity contribution in [2.45, 2.75) is 19.5 Å². The first-order valence-corrected chi connectivity index (χ1v) is 10.1. The Morgan fingerprint density at radius 1 is 1.07 bits per heavy atom. The third-order valence-corrected chi connectivity index (χ3v) is 6.20. The van der Waals surface area contributed by atoms with Gasteiger partial charge in [0.25, 0.3) is 5.56 Å². The van der Waals surface area contributed by atoms with E-state index in [4.69, 9.17) is 4.98 Å². The number of nitrogens with zero attached hydrogens (tertiary/aromatic N) is 3. The van der Waals surface area contributed by atoms with Crippen LogP contribution in [0.1, 0.15) is 16.3 Å². The van der Waals surface area contributed by atoms with Gasteiger partial charge in [0.2, 0.25) is 0 Å². The second-order valence-corrected chi connectivity index (χ2v) is 7.99. The van der Waals surface area contributed by atoms with Crippen molar-refractivity contribution in [1.29, 1.82) is 0 Å². The van der Waals surface area contributed by atoms with Crippen LogP contribution in [-0.2, 0) is 19.5 Å². The number of aromatic nitrogens is 2. The van der Waals surface area contributed by atoms with E-state index in [1.54, 1.807) is 34.1 Å². The number of hydrogen-bond acceptors (Lipinski definition) is 4. The van der Waals surface area contributed by atoms with Gasteiger partial charge in [0, 0.05) is 18.0 Å². The molecule has 140 valence electrons. The molecule has 4 aromatic rings. The highest BCUT2D eigenvalue weighted by molar-refractivity contribution is 7.10. The van der Waals surface area contributed by atoms with E-state index in [0.717, 1.165) is 19.5 Å². The van der Waals surface area contributed by atoms with Gasteiger partial charge in [0.15, 0.2) is 0 Å². The van der Waals surface area contributed by atoms with Gasteiger partial charge in [0.1, 0.15) is 11.6 Å². The highest BCUT2D eigenvalue weighted by atomic mass is 32.1. The molecule has 0 aliphatic carbocycles. The Kier molecular flexibility index (Phi) is 4.30. The number of para-hydroxylation sites is 1. The smallest absolute Gasteiger partial charge is 0.266 e. The second kappa shape index (κ2) is 6.96. The zero-order valence-electron chi connectivity index (χ0n) is 15.1. The summed E-state index contributed by atoms with van der Waals surface area (Å²) in [5.74, 6) is 0.349. The largest absolute Gasteiger partial charge is 0.291 e. The average Bonchev–Trinajstić information content (AvgIpc) is 3.17. The number of benzene rings is 2. The van der Waals surface area contributed by atoms with Crippen LogP contribution >= 0.6 is 11.3 Å². The van der Waals surface area contributed by atoms with Crippen LogP contribution < -0.4 is 5.56 Å². The van der Waals surface area contributed by atoms with Gasteiger partial charge < -0.3 is 0 Å². The molecular weight excluding hydrogens is 373 g/mol. The predicted octanol–water partition coefficient (Wildman–Crippen LogP) is 4.14. The molecule has 0 unspecified atom stereocenters. The van der Waals surface area contributed by atoms with Crippen LogP contribution in [0.15, 0.2) is 64.8 Å². The lowest BCUT2D eigenvalue weighted by Crippen LogP contribution is -2.33. The van der Waals surface area contributed by atoms with Crippen molar-refractivity contribution in [2.75, 3.05) is 6.54 Å². The molecule has 0 saturated heterocycles. The standard InChI is InChI=1S/C22H18FN3OS/c23-16-5-7-17(8-6-16)26-21(24-19-4-2-1-3-18(19)22(26)27)14-25-11-9-20-15(13-25)10-12-28-20/h1-8,10,12H,9,11,13-14H2. The topological polar surface area (TPSA) is 38.1 Å². The van der Waals surface area contributed by atoms with Crippen LogP contribution in [-0.4, -0.2) is 21.0 Å². The summed E-state index contributed by atoms with van der Waals surface area (Å²) >= 11 is 1.81. The first-order valence-electron chi connectivity index (χ1n) is 9.23. The fourth-order valence-electron chi connectivity index (χ4n) is 3.78. The number of rotatable bonds is 3. The molecule has 0 saturated carbocycles. The normalized spacial score (nSPS) is 14.3. The molecule has 0 fully saturated rings. The summed E-state index contributed by atoms with van der Waals surface area (Å²) in [6, 6.07) is 15.6. The Bertz CT molecular complexity index is 1210. The molecule has 0 N–H and O–H groups in total. The third kappa shape index (κ3) is 3.04. The summed E-state index contributed by atoms with van der Waals surface area (Å²) in [7, 11) is 0. The number of fused-ring (bicyclic) bond motifs is 2. The zero-order chi connectivity index (χ0) is 19.1. The maximum absolute atomic E-state index is 13.4. The van der Waals surface area contributed by atoms with Crippen molar-refractivity contribution < 1.29 is 4.39 Å². The van der Waals surface area contributed by atoms with Crippen LogP contribution in [0.2, 0.25) is 0 Å². The molecule has 3 heterocycles. The lowest BCUT2D eigenvalue weighted by Gasteiger charge is -2.27. The van der Waals surface area contributed by atoms with E-state index in [9.17, 15) is 9.18 Å². The lowest BCUT2D eigenvalue weighted by atomic mass is 10.1. The molecule has 5 rings (SSSR count). The number of hydrogen-bond donors (Lipinski definition) is 0. The molecule has 4 nitrogen and oxygen atoms in total. The molecular formula is C22H18FN3OS. The van der Waals surface area contributed by atoms with E-state index in [0.29, 0.717) is 29.0 Å². The summed E-state index contributed by atoms with van der Waals surface area (Å²) < 4.78 is 15.0. The predicted molar refractivity (Wildman–Crippen MR) is 109 cm³/mol. The summed E-state index contributed by atoms with van der Waals surface area (Å²) in [6.07, 6.45) is 1.02. The Morgan fingerprint density at radius 2 is 1.89 bits per heavy atom. The number of thiophene rings is 1. The minimum Gasteiger partial charge on any atom is -0.291 e. The highest BCUT2D eigenvalue weighted by Crippen LogP contribution is 2.25. The molecule has 1 aliphatic rings. The Balaban J connectivity index is 1.61. The molecule has 0 spiro atoms. The maximum Gasteiger partial charge on any atom is 0.266 e. The van der Waals surface area contributed by atoms with Gasteiger partial charge in [-0.15, -0.1) is 11.3 Å². The third-order valence-electron chi connectivity index (χ3n) is 5.18. The summed E-state index contributed by atoms with van der Waals surface area (Å²) in [4.78, 5) is 21.8. The van der Waals surface area contributed by atoms with Gasteiger partial charge in [0.05, 0.1) is 23.1 Å². The van der Waals surface area contributed by atoms with Gasteiger partial charge in [-0.1, -0.05) is 12.1 Å². The van der Waals surface area contributed by atoms with Gasteiger partial charge in [-0.25, -0.2) is 9.37 Å². The Labute approximate surface area is 165 Å². The van der Waals surface area contributed by atoms with Crippen LogP contribution in [0, 0.1) is 5.82 Å². The van der Waals surface area contributed by atoms with Crippen LogP contribution in [0.3, 0.4) is 0 Å².